The van der Waals surface area contributed by atoms with Crippen LogP contribution in [0.1, 0.15) is 31.3 Å². The van der Waals surface area contributed by atoms with Gasteiger partial charge in [-0.1, -0.05) is 12.1 Å². The first-order chi connectivity index (χ1) is 15.3. The molecular weight excluding hydrogens is 404 g/mol. The van der Waals surface area contributed by atoms with Gasteiger partial charge in [0, 0.05) is 22.7 Å². The SMILES string of the molecule is CC(C)(C)n1nc(-c2ccc3cc(C(=O)Nc4cccnc4)[nH]c3c2)c2c(N)ncnc21. The van der Waals surface area contributed by atoms with Crippen LogP contribution in [0, 0.1) is 0 Å². The van der Waals surface area contributed by atoms with E-state index in [0.717, 1.165) is 16.5 Å². The van der Waals surface area contributed by atoms with Gasteiger partial charge in [0.2, 0.25) is 0 Å². The van der Waals surface area contributed by atoms with E-state index in [4.69, 9.17) is 10.8 Å². The van der Waals surface area contributed by atoms with Crippen LogP contribution in [-0.4, -0.2) is 35.6 Å². The number of aromatic nitrogens is 6. The summed E-state index contributed by atoms with van der Waals surface area (Å²) in [7, 11) is 0. The topological polar surface area (TPSA) is 127 Å². The van der Waals surface area contributed by atoms with Crippen LogP contribution in [0.5, 0.6) is 0 Å². The third kappa shape index (κ3) is 3.33. The molecule has 4 heterocycles. The van der Waals surface area contributed by atoms with Crippen LogP contribution < -0.4 is 11.1 Å². The second kappa shape index (κ2) is 7.16. The summed E-state index contributed by atoms with van der Waals surface area (Å²) in [5.74, 6) is 0.138. The number of aromatic amines is 1. The van der Waals surface area contributed by atoms with E-state index in [1.54, 1.807) is 24.5 Å². The number of amides is 1. The Morgan fingerprint density at radius 1 is 1.16 bits per heavy atom. The highest BCUT2D eigenvalue weighted by Gasteiger charge is 2.24. The van der Waals surface area contributed by atoms with E-state index >= 15 is 0 Å². The van der Waals surface area contributed by atoms with Gasteiger partial charge in [0.25, 0.3) is 5.91 Å². The molecule has 0 aliphatic heterocycles. The van der Waals surface area contributed by atoms with Gasteiger partial charge in [-0.2, -0.15) is 5.10 Å². The standard InChI is InChI=1S/C23H22N8O/c1-23(2,3)31-21-18(20(24)26-12-27-21)19(30-31)14-7-6-13-9-17(29-16(13)10-14)22(32)28-15-5-4-8-25-11-15/h4-12,29H,1-3H3,(H,28,32)(H2,24,26,27). The average molecular weight is 426 g/mol. The number of nitrogens with zero attached hydrogens (tertiary/aromatic N) is 5. The number of nitrogens with one attached hydrogen (secondary N) is 2. The van der Waals surface area contributed by atoms with Crippen molar-refractivity contribution in [3.63, 3.8) is 0 Å². The Balaban J connectivity index is 1.58. The van der Waals surface area contributed by atoms with E-state index < -0.39 is 0 Å². The third-order valence-electron chi connectivity index (χ3n) is 5.19. The van der Waals surface area contributed by atoms with Crippen LogP contribution in [-0.2, 0) is 5.54 Å². The van der Waals surface area contributed by atoms with Crippen molar-refractivity contribution >= 4 is 39.3 Å². The lowest BCUT2D eigenvalue weighted by Gasteiger charge is -2.19. The largest absolute Gasteiger partial charge is 0.383 e. The predicted octanol–water partition coefficient (Wildman–Crippen LogP) is 3.96. The molecule has 9 nitrogen and oxygen atoms in total. The molecule has 5 rings (SSSR count). The first-order valence-corrected chi connectivity index (χ1v) is 10.2. The van der Waals surface area contributed by atoms with Crippen molar-refractivity contribution in [2.45, 2.75) is 26.3 Å². The minimum absolute atomic E-state index is 0.240. The molecule has 0 bridgehead atoms. The van der Waals surface area contributed by atoms with Crippen molar-refractivity contribution in [2.75, 3.05) is 11.1 Å². The number of hydrogen-bond donors (Lipinski definition) is 3. The second-order valence-corrected chi connectivity index (χ2v) is 8.57. The maximum atomic E-state index is 12.7. The Labute approximate surface area is 183 Å². The minimum atomic E-state index is -0.286. The van der Waals surface area contributed by atoms with Crippen molar-refractivity contribution in [1.29, 1.82) is 0 Å². The van der Waals surface area contributed by atoms with E-state index in [0.29, 0.717) is 33.9 Å². The number of fused-ring (bicyclic) bond motifs is 2. The van der Waals surface area contributed by atoms with Gasteiger partial charge in [0.15, 0.2) is 5.65 Å². The van der Waals surface area contributed by atoms with E-state index in [-0.39, 0.29) is 11.4 Å². The molecule has 0 aliphatic carbocycles. The van der Waals surface area contributed by atoms with E-state index in [9.17, 15) is 4.79 Å². The van der Waals surface area contributed by atoms with Crippen LogP contribution in [0.4, 0.5) is 11.5 Å². The molecule has 160 valence electrons. The molecule has 9 heteroatoms. The number of benzene rings is 1. The number of hydrogen-bond acceptors (Lipinski definition) is 6. The zero-order chi connectivity index (χ0) is 22.5. The monoisotopic (exact) mass is 426 g/mol. The number of H-pyrrole nitrogens is 1. The number of nitrogens with two attached hydrogens (primary N) is 1. The average Bonchev–Trinajstić information content (AvgIpc) is 3.36. The van der Waals surface area contributed by atoms with E-state index in [1.807, 2.05) is 28.9 Å². The van der Waals surface area contributed by atoms with E-state index in [1.165, 1.54) is 6.33 Å². The van der Waals surface area contributed by atoms with Crippen LogP contribution in [0.3, 0.4) is 0 Å². The zero-order valence-corrected chi connectivity index (χ0v) is 17.9. The zero-order valence-electron chi connectivity index (χ0n) is 17.9. The summed E-state index contributed by atoms with van der Waals surface area (Å²) in [5.41, 5.74) is 10.1. The fourth-order valence-electron chi connectivity index (χ4n) is 3.68. The summed E-state index contributed by atoms with van der Waals surface area (Å²) < 4.78 is 1.86. The van der Waals surface area contributed by atoms with Crippen LogP contribution in [0.25, 0.3) is 33.2 Å². The third-order valence-corrected chi connectivity index (χ3v) is 5.19. The molecule has 0 unspecified atom stereocenters. The smallest absolute Gasteiger partial charge is 0.272 e. The van der Waals surface area contributed by atoms with Crippen LogP contribution >= 0.6 is 0 Å². The van der Waals surface area contributed by atoms with Gasteiger partial charge in [0.05, 0.1) is 22.8 Å². The predicted molar refractivity (Wildman–Crippen MR) is 124 cm³/mol. The Kier molecular flexibility index (Phi) is 4.40. The fourth-order valence-corrected chi connectivity index (χ4v) is 3.68. The summed E-state index contributed by atoms with van der Waals surface area (Å²) in [6.45, 7) is 6.18. The molecule has 5 aromatic rings. The number of carbonyl (C=O) groups excluding carboxylic acids is 1. The van der Waals surface area contributed by atoms with Crippen LogP contribution in [0.2, 0.25) is 0 Å². The first kappa shape index (κ1) is 19.7. The molecule has 0 aliphatic rings. The lowest BCUT2D eigenvalue weighted by atomic mass is 10.1. The van der Waals surface area contributed by atoms with Crippen LogP contribution in [0.15, 0.2) is 55.1 Å². The molecule has 1 amide bonds. The fraction of sp³-hybridized carbons (Fsp3) is 0.174. The van der Waals surface area contributed by atoms with E-state index in [2.05, 4.69) is 46.0 Å². The summed E-state index contributed by atoms with van der Waals surface area (Å²) in [6, 6.07) is 11.2. The first-order valence-electron chi connectivity index (χ1n) is 10.2. The number of nitrogen functional groups attached to an aromatic ring is 1. The Bertz CT molecular complexity index is 1460. The van der Waals surface area contributed by atoms with Gasteiger partial charge in [-0.25, -0.2) is 14.6 Å². The van der Waals surface area contributed by atoms with Gasteiger partial charge >= 0.3 is 0 Å². The molecule has 4 N–H and O–H groups in total. The molecule has 0 saturated heterocycles. The minimum Gasteiger partial charge on any atom is -0.383 e. The van der Waals surface area contributed by atoms with Crippen molar-refractivity contribution < 1.29 is 4.79 Å². The summed E-state index contributed by atoms with van der Waals surface area (Å²) >= 11 is 0. The van der Waals surface area contributed by atoms with Crippen molar-refractivity contribution in [2.24, 2.45) is 0 Å². The Morgan fingerprint density at radius 3 is 2.75 bits per heavy atom. The summed E-state index contributed by atoms with van der Waals surface area (Å²) in [4.78, 5) is 28.5. The molecule has 1 aromatic carbocycles. The number of carbonyl (C=O) groups is 1. The number of anilines is 2. The maximum Gasteiger partial charge on any atom is 0.272 e. The van der Waals surface area contributed by atoms with Gasteiger partial charge < -0.3 is 16.0 Å². The summed E-state index contributed by atoms with van der Waals surface area (Å²) in [5, 5.41) is 9.29. The lowest BCUT2D eigenvalue weighted by molar-refractivity contribution is 0.102. The second-order valence-electron chi connectivity index (χ2n) is 8.57. The Hall–Kier alpha value is -4.27. The maximum absolute atomic E-state index is 12.7. The van der Waals surface area contributed by atoms with Gasteiger partial charge in [-0.05, 0) is 45.0 Å². The number of rotatable bonds is 3. The molecule has 0 saturated carbocycles. The molecular formula is C23H22N8O. The van der Waals surface area contributed by atoms with Crippen molar-refractivity contribution in [3.8, 4) is 11.3 Å². The molecule has 0 spiro atoms. The highest BCUT2D eigenvalue weighted by atomic mass is 16.1. The Morgan fingerprint density at radius 2 is 2.00 bits per heavy atom. The lowest BCUT2D eigenvalue weighted by Crippen LogP contribution is -2.23. The highest BCUT2D eigenvalue weighted by Crippen LogP contribution is 2.34. The molecule has 4 aromatic heterocycles. The molecule has 0 radical (unpaired) electrons. The van der Waals surface area contributed by atoms with Crippen molar-refractivity contribution in [1.82, 2.24) is 29.7 Å². The quantitative estimate of drug-likeness (QED) is 0.401. The summed E-state index contributed by atoms with van der Waals surface area (Å²) in [6.07, 6.45) is 4.71. The van der Waals surface area contributed by atoms with Gasteiger partial charge in [-0.15, -0.1) is 0 Å². The number of pyridine rings is 1. The molecule has 0 atom stereocenters. The van der Waals surface area contributed by atoms with Gasteiger partial charge in [-0.3, -0.25) is 9.78 Å². The normalized spacial score (nSPS) is 11.8. The molecule has 0 fully saturated rings. The van der Waals surface area contributed by atoms with Gasteiger partial charge in [0.1, 0.15) is 23.5 Å². The van der Waals surface area contributed by atoms with Crippen molar-refractivity contribution in [3.05, 3.63) is 60.8 Å². The highest BCUT2D eigenvalue weighted by molar-refractivity contribution is 6.06. The molecule has 32 heavy (non-hydrogen) atoms.